The average molecular weight is 262 g/mol. The summed E-state index contributed by atoms with van der Waals surface area (Å²) in [5.41, 5.74) is 0.899. The van der Waals surface area contributed by atoms with Crippen LogP contribution in [-0.4, -0.2) is 0 Å². The van der Waals surface area contributed by atoms with Gasteiger partial charge < -0.3 is 0 Å². The van der Waals surface area contributed by atoms with E-state index in [0.29, 0.717) is 5.56 Å². The molecular weight excluding hydrogens is 257 g/mol. The molecule has 0 saturated heterocycles. The topological polar surface area (TPSA) is 0 Å². The third kappa shape index (κ3) is 2.88. The van der Waals surface area contributed by atoms with Crippen molar-refractivity contribution in [3.05, 3.63) is 35.1 Å². The zero-order valence-corrected chi connectivity index (χ0v) is 9.35. The van der Waals surface area contributed by atoms with Gasteiger partial charge in [0.05, 0.1) is 0 Å². The van der Waals surface area contributed by atoms with Gasteiger partial charge in [-0.25, -0.2) is 4.39 Å². The highest BCUT2D eigenvalue weighted by molar-refractivity contribution is 6.66. The summed E-state index contributed by atoms with van der Waals surface area (Å²) in [6, 6.07) is 3.95. The van der Waals surface area contributed by atoms with E-state index >= 15 is 0 Å². The minimum Gasteiger partial charge on any atom is -0.207 e. The summed E-state index contributed by atoms with van der Waals surface area (Å²) in [6.07, 6.45) is 0. The fraction of sp³-hybridized carbons (Fsp3) is 0.250. The molecule has 0 aliphatic rings. The first-order valence-corrected chi connectivity index (χ1v) is 5.03. The molecule has 0 nitrogen and oxygen atoms in total. The summed E-state index contributed by atoms with van der Waals surface area (Å²) in [5.74, 6) is -0.265. The maximum absolute atomic E-state index is 12.8. The van der Waals surface area contributed by atoms with E-state index in [4.69, 9.17) is 46.4 Å². The maximum Gasteiger partial charge on any atom is 0.216 e. The van der Waals surface area contributed by atoms with Crippen LogP contribution in [0.2, 0.25) is 0 Å². The lowest BCUT2D eigenvalue weighted by Crippen LogP contribution is -2.04. The minimum absolute atomic E-state index is 0.184. The van der Waals surface area contributed by atoms with Crippen molar-refractivity contribution in [3.8, 4) is 0 Å². The highest BCUT2D eigenvalue weighted by Crippen LogP contribution is 2.40. The molecule has 1 aromatic rings. The smallest absolute Gasteiger partial charge is 0.207 e. The van der Waals surface area contributed by atoms with Gasteiger partial charge in [0.2, 0.25) is 3.79 Å². The van der Waals surface area contributed by atoms with Crippen molar-refractivity contribution < 1.29 is 4.39 Å². The van der Waals surface area contributed by atoms with Crippen molar-refractivity contribution >= 4 is 46.4 Å². The molecule has 0 aliphatic carbocycles. The Morgan fingerprint density at radius 2 is 1.85 bits per heavy atom. The zero-order valence-electron chi connectivity index (χ0n) is 6.33. The molecule has 0 aliphatic heterocycles. The largest absolute Gasteiger partial charge is 0.216 e. The van der Waals surface area contributed by atoms with Crippen molar-refractivity contribution in [2.24, 2.45) is 0 Å². The van der Waals surface area contributed by atoms with E-state index < -0.39 is 9.61 Å². The van der Waals surface area contributed by atoms with Gasteiger partial charge in [-0.05, 0) is 17.7 Å². The molecule has 0 heterocycles. The first kappa shape index (κ1) is 11.4. The third-order valence-corrected chi connectivity index (χ3v) is 2.42. The Morgan fingerprint density at radius 1 is 1.23 bits per heavy atom. The maximum atomic E-state index is 12.8. The van der Waals surface area contributed by atoms with E-state index in [1.54, 1.807) is 0 Å². The monoisotopic (exact) mass is 260 g/mol. The molecule has 0 amide bonds. The van der Waals surface area contributed by atoms with Crippen molar-refractivity contribution in [2.75, 3.05) is 0 Å². The second kappa shape index (κ2) is 4.22. The number of benzene rings is 1. The summed E-state index contributed by atoms with van der Waals surface area (Å²) in [4.78, 5) is 0. The predicted octanol–water partition coefficient (Wildman–Crippen LogP) is 4.39. The Kier molecular flexibility index (Phi) is 3.70. The molecule has 72 valence electrons. The average Bonchev–Trinajstić information content (AvgIpc) is 2.03. The molecule has 0 atom stereocenters. The molecule has 0 unspecified atom stereocenters. The second-order valence-electron chi connectivity index (χ2n) is 2.43. The van der Waals surface area contributed by atoms with Gasteiger partial charge in [-0.15, -0.1) is 11.6 Å². The highest BCUT2D eigenvalue weighted by atomic mass is 35.6. The van der Waals surface area contributed by atoms with E-state index in [-0.39, 0.29) is 11.4 Å². The summed E-state index contributed by atoms with van der Waals surface area (Å²) < 4.78 is 11.2. The predicted molar refractivity (Wildman–Crippen MR) is 55.2 cm³/mol. The molecule has 1 rings (SSSR count). The molecule has 0 radical (unpaired) electrons. The van der Waals surface area contributed by atoms with Crippen LogP contribution in [0, 0.1) is 5.82 Å². The fourth-order valence-corrected chi connectivity index (χ4v) is 1.69. The van der Waals surface area contributed by atoms with Crippen LogP contribution in [0.5, 0.6) is 0 Å². The minimum atomic E-state index is -1.63. The van der Waals surface area contributed by atoms with Gasteiger partial charge >= 0.3 is 0 Å². The van der Waals surface area contributed by atoms with Crippen LogP contribution in [0.25, 0.3) is 0 Å². The van der Waals surface area contributed by atoms with Crippen molar-refractivity contribution in [1.82, 2.24) is 0 Å². The number of hydrogen-bond donors (Lipinski definition) is 0. The Hall–Kier alpha value is 0.310. The molecule has 5 heteroatoms. The van der Waals surface area contributed by atoms with Crippen LogP contribution in [-0.2, 0) is 9.67 Å². The van der Waals surface area contributed by atoms with Crippen molar-refractivity contribution in [1.29, 1.82) is 0 Å². The molecule has 0 saturated carbocycles. The quantitative estimate of drug-likeness (QED) is 0.658. The molecule has 13 heavy (non-hydrogen) atoms. The summed E-state index contributed by atoms with van der Waals surface area (Å²) in [5, 5.41) is 0. The molecular formula is C8H5Cl4F. The van der Waals surface area contributed by atoms with Gasteiger partial charge in [-0.2, -0.15) is 0 Å². The Balaban J connectivity index is 3.24. The highest BCUT2D eigenvalue weighted by Gasteiger charge is 2.26. The van der Waals surface area contributed by atoms with Gasteiger partial charge in [0.25, 0.3) is 0 Å². The number of rotatable bonds is 1. The Bertz CT molecular complexity index is 306. The first-order chi connectivity index (χ1) is 5.95. The van der Waals surface area contributed by atoms with Gasteiger partial charge in [0.15, 0.2) is 0 Å². The second-order valence-corrected chi connectivity index (χ2v) is 4.98. The van der Waals surface area contributed by atoms with Crippen LogP contribution in [0.15, 0.2) is 18.2 Å². The van der Waals surface area contributed by atoms with E-state index in [1.807, 2.05) is 0 Å². The molecule has 0 fully saturated rings. The van der Waals surface area contributed by atoms with Gasteiger partial charge in [-0.3, -0.25) is 0 Å². The third-order valence-electron chi connectivity index (χ3n) is 1.52. The normalized spacial score (nSPS) is 11.8. The Morgan fingerprint density at radius 3 is 2.31 bits per heavy atom. The van der Waals surface area contributed by atoms with Crippen LogP contribution in [0.4, 0.5) is 4.39 Å². The lowest BCUT2D eigenvalue weighted by Gasteiger charge is -2.14. The molecule has 0 aromatic heterocycles. The van der Waals surface area contributed by atoms with E-state index in [1.165, 1.54) is 18.2 Å². The number of halogens is 5. The summed E-state index contributed by atoms with van der Waals surface area (Å²) >= 11 is 22.5. The number of alkyl halides is 4. The van der Waals surface area contributed by atoms with E-state index in [9.17, 15) is 4.39 Å². The van der Waals surface area contributed by atoms with E-state index in [2.05, 4.69) is 0 Å². The van der Waals surface area contributed by atoms with Crippen LogP contribution < -0.4 is 0 Å². The van der Waals surface area contributed by atoms with Gasteiger partial charge in [-0.1, -0.05) is 40.9 Å². The fourth-order valence-electron chi connectivity index (χ4n) is 0.929. The van der Waals surface area contributed by atoms with Crippen LogP contribution in [0.3, 0.4) is 0 Å². The molecule has 0 spiro atoms. The summed E-state index contributed by atoms with van der Waals surface area (Å²) in [6.45, 7) is 0. The van der Waals surface area contributed by atoms with Crippen molar-refractivity contribution in [2.45, 2.75) is 9.67 Å². The van der Waals surface area contributed by atoms with Crippen LogP contribution >= 0.6 is 46.4 Å². The molecule has 1 aromatic carbocycles. The van der Waals surface area contributed by atoms with E-state index in [0.717, 1.165) is 0 Å². The first-order valence-electron chi connectivity index (χ1n) is 3.36. The lowest BCUT2D eigenvalue weighted by molar-refractivity contribution is 0.625. The van der Waals surface area contributed by atoms with Crippen molar-refractivity contribution in [3.63, 3.8) is 0 Å². The molecule has 0 N–H and O–H groups in total. The Labute approximate surface area is 95.5 Å². The number of hydrogen-bond acceptors (Lipinski definition) is 0. The zero-order chi connectivity index (χ0) is 10.1. The standard InChI is InChI=1S/C8H5Cl4F/c9-4-5-1-2-6(13)3-7(5)8(10,11)12/h1-3H,4H2. The summed E-state index contributed by atoms with van der Waals surface area (Å²) in [7, 11) is 0. The lowest BCUT2D eigenvalue weighted by atomic mass is 10.1. The van der Waals surface area contributed by atoms with Gasteiger partial charge in [0.1, 0.15) is 5.82 Å². The van der Waals surface area contributed by atoms with Crippen LogP contribution in [0.1, 0.15) is 11.1 Å². The SMILES string of the molecule is Fc1ccc(CCl)c(C(Cl)(Cl)Cl)c1. The van der Waals surface area contributed by atoms with Gasteiger partial charge in [0, 0.05) is 11.4 Å². The molecule has 0 bridgehead atoms.